The van der Waals surface area contributed by atoms with Crippen molar-refractivity contribution in [1.82, 2.24) is 11.8 Å². The second-order valence-electron chi connectivity index (χ2n) is 3.55. The van der Waals surface area contributed by atoms with Crippen molar-refractivity contribution in [1.29, 1.82) is 0 Å². The number of hydrogen-bond acceptors (Lipinski definition) is 7. The molecule has 0 amide bonds. The zero-order valence-electron chi connectivity index (χ0n) is 9.46. The van der Waals surface area contributed by atoms with Gasteiger partial charge in [-0.15, -0.1) is 0 Å². The molecular weight excluding hydrogens is 204 g/mol. The summed E-state index contributed by atoms with van der Waals surface area (Å²) in [6, 6.07) is 0. The molecule has 0 aromatic rings. The molecule has 0 aliphatic carbocycles. The van der Waals surface area contributed by atoms with Gasteiger partial charge in [0.2, 0.25) is 0 Å². The molecule has 0 spiro atoms. The fraction of sp³-hybridized carbons (Fsp3) is 0.750. The van der Waals surface area contributed by atoms with E-state index < -0.39 is 17.5 Å². The van der Waals surface area contributed by atoms with E-state index in [4.69, 9.17) is 4.74 Å². The van der Waals surface area contributed by atoms with Crippen LogP contribution in [0.4, 0.5) is 0 Å². The molecule has 0 aromatic heterocycles. The van der Waals surface area contributed by atoms with Gasteiger partial charge in [0.15, 0.2) is 6.61 Å². The fourth-order valence-corrected chi connectivity index (χ4v) is 0.547. The van der Waals surface area contributed by atoms with E-state index in [0.717, 1.165) is 0 Å². The van der Waals surface area contributed by atoms with Crippen molar-refractivity contribution in [3.05, 3.63) is 0 Å². The predicted molar refractivity (Wildman–Crippen MR) is 51.7 cm³/mol. The van der Waals surface area contributed by atoms with E-state index in [1.165, 1.54) is 6.92 Å². The summed E-state index contributed by atoms with van der Waals surface area (Å²) < 4.78 is 4.90. The number of hydrogen-bond donors (Lipinski definition) is 2. The molecule has 7 nitrogen and oxygen atoms in total. The molecule has 0 aromatic carbocycles. The van der Waals surface area contributed by atoms with E-state index in [9.17, 15) is 9.59 Å². The molecule has 0 aliphatic heterocycles. The number of ether oxygens (including phenoxy) is 1. The zero-order chi connectivity index (χ0) is 11.2. The van der Waals surface area contributed by atoms with Crippen LogP contribution in [0.2, 0.25) is 0 Å². The van der Waals surface area contributed by atoms with Crippen LogP contribution >= 0.6 is 0 Å². The number of carbonyl (C=O) groups is 2. The first-order valence-electron chi connectivity index (χ1n) is 4.07. The normalized spacial score (nSPS) is 10.1. The number of carbonyl (C=O) groups excluding carboxylic acids is 2. The molecule has 90 valence electrons. The molecule has 0 saturated carbocycles. The molecule has 0 aliphatic rings. The lowest BCUT2D eigenvalue weighted by Crippen LogP contribution is -2.29. The van der Waals surface area contributed by atoms with Crippen LogP contribution in [0.1, 0.15) is 27.7 Å². The molecule has 0 fully saturated rings. The minimum atomic E-state index is -0.561. The SMILES string of the molecule is CC(=O)ONOCC(=O)OC(C)(C)C.N. The van der Waals surface area contributed by atoms with Crippen LogP contribution in [-0.2, 0) is 24.0 Å². The van der Waals surface area contributed by atoms with Crippen LogP contribution in [0.25, 0.3) is 0 Å². The van der Waals surface area contributed by atoms with Crippen LogP contribution in [0.3, 0.4) is 0 Å². The maximum atomic E-state index is 11.0. The number of esters is 1. The fourth-order valence-electron chi connectivity index (χ4n) is 0.547. The predicted octanol–water partition coefficient (Wildman–Crippen LogP) is 0.489. The van der Waals surface area contributed by atoms with Crippen molar-refractivity contribution in [3.8, 4) is 0 Å². The van der Waals surface area contributed by atoms with Crippen LogP contribution in [0.5, 0.6) is 0 Å². The third-order valence-electron chi connectivity index (χ3n) is 0.854. The summed E-state index contributed by atoms with van der Waals surface area (Å²) >= 11 is 0. The first kappa shape index (κ1) is 16.3. The van der Waals surface area contributed by atoms with Crippen LogP contribution in [-0.4, -0.2) is 24.1 Å². The maximum Gasteiger partial charge on any atom is 0.334 e. The molecule has 0 rings (SSSR count). The molecule has 0 bridgehead atoms. The average Bonchev–Trinajstić information content (AvgIpc) is 1.94. The third kappa shape index (κ3) is 12.8. The van der Waals surface area contributed by atoms with Crippen molar-refractivity contribution in [2.24, 2.45) is 0 Å². The van der Waals surface area contributed by atoms with E-state index in [1.807, 2.05) is 5.64 Å². The van der Waals surface area contributed by atoms with Crippen molar-refractivity contribution in [2.75, 3.05) is 6.61 Å². The first-order valence-corrected chi connectivity index (χ1v) is 4.07. The average molecular weight is 222 g/mol. The summed E-state index contributed by atoms with van der Waals surface area (Å²) in [5, 5.41) is 0. The largest absolute Gasteiger partial charge is 0.458 e. The smallest absolute Gasteiger partial charge is 0.334 e. The highest BCUT2D eigenvalue weighted by Gasteiger charge is 2.16. The van der Waals surface area contributed by atoms with Gasteiger partial charge in [0.05, 0.1) is 0 Å². The van der Waals surface area contributed by atoms with Gasteiger partial charge in [-0.05, 0) is 26.4 Å². The lowest BCUT2D eigenvalue weighted by molar-refractivity contribution is -0.199. The number of rotatable bonds is 4. The Morgan fingerprint density at radius 1 is 1.27 bits per heavy atom. The molecule has 0 saturated heterocycles. The van der Waals surface area contributed by atoms with E-state index in [0.29, 0.717) is 0 Å². The highest BCUT2D eigenvalue weighted by Crippen LogP contribution is 2.06. The van der Waals surface area contributed by atoms with Crippen LogP contribution in [0.15, 0.2) is 0 Å². The minimum Gasteiger partial charge on any atom is -0.458 e. The van der Waals surface area contributed by atoms with Gasteiger partial charge in [-0.3, -0.25) is 9.63 Å². The molecule has 0 heterocycles. The lowest BCUT2D eigenvalue weighted by Gasteiger charge is -2.19. The van der Waals surface area contributed by atoms with E-state index in [-0.39, 0.29) is 12.8 Å². The summed E-state index contributed by atoms with van der Waals surface area (Å²) in [5.41, 5.74) is 1.30. The van der Waals surface area contributed by atoms with Gasteiger partial charge in [-0.25, -0.2) is 4.79 Å². The Labute approximate surface area is 88.6 Å². The van der Waals surface area contributed by atoms with E-state index in [1.54, 1.807) is 20.8 Å². The first-order chi connectivity index (χ1) is 6.31. The van der Waals surface area contributed by atoms with Gasteiger partial charge in [0.1, 0.15) is 5.60 Å². The molecule has 0 atom stereocenters. The Morgan fingerprint density at radius 2 is 1.80 bits per heavy atom. The monoisotopic (exact) mass is 222 g/mol. The Bertz CT molecular complexity index is 212. The van der Waals surface area contributed by atoms with E-state index in [2.05, 4.69) is 9.68 Å². The Kier molecular flexibility index (Phi) is 7.76. The molecular formula is C8H18N2O5. The molecule has 0 radical (unpaired) electrons. The highest BCUT2D eigenvalue weighted by molar-refractivity contribution is 5.71. The van der Waals surface area contributed by atoms with Crippen molar-refractivity contribution in [3.63, 3.8) is 0 Å². The Hall–Kier alpha value is -1.18. The van der Waals surface area contributed by atoms with Crippen LogP contribution in [0, 0.1) is 0 Å². The third-order valence-corrected chi connectivity index (χ3v) is 0.854. The maximum absolute atomic E-state index is 11.0. The van der Waals surface area contributed by atoms with Crippen molar-refractivity contribution >= 4 is 11.9 Å². The highest BCUT2D eigenvalue weighted by atomic mass is 16.9. The van der Waals surface area contributed by atoms with Crippen LogP contribution < -0.4 is 11.8 Å². The zero-order valence-corrected chi connectivity index (χ0v) is 9.46. The van der Waals surface area contributed by atoms with Gasteiger partial charge >= 0.3 is 11.9 Å². The van der Waals surface area contributed by atoms with Crippen molar-refractivity contribution < 1.29 is 24.0 Å². The van der Waals surface area contributed by atoms with Crippen molar-refractivity contribution in [2.45, 2.75) is 33.3 Å². The van der Waals surface area contributed by atoms with E-state index >= 15 is 0 Å². The summed E-state index contributed by atoms with van der Waals surface area (Å²) in [6.45, 7) is 6.09. The molecule has 4 N–H and O–H groups in total. The molecule has 7 heteroatoms. The summed E-state index contributed by atoms with van der Waals surface area (Å²) in [5.74, 6) is -1.11. The van der Waals surface area contributed by atoms with Gasteiger partial charge in [0.25, 0.3) is 0 Å². The second kappa shape index (κ2) is 7.16. The summed E-state index contributed by atoms with van der Waals surface area (Å²) in [6.07, 6.45) is 0. The van der Waals surface area contributed by atoms with Gasteiger partial charge in [-0.1, -0.05) is 0 Å². The minimum absolute atomic E-state index is 0. The summed E-state index contributed by atoms with van der Waals surface area (Å²) in [7, 11) is 0. The van der Waals surface area contributed by atoms with Gasteiger partial charge in [-0.2, -0.15) is 0 Å². The Balaban J connectivity index is 0. The lowest BCUT2D eigenvalue weighted by atomic mass is 10.2. The topological polar surface area (TPSA) is 109 Å². The summed E-state index contributed by atoms with van der Waals surface area (Å²) in [4.78, 5) is 29.9. The standard InChI is InChI=1S/C8H15NO5.H3N/c1-6(10)14-9-12-5-7(11)13-8(2,3)4;/h9H,5H2,1-4H3;1H3. The van der Waals surface area contributed by atoms with Gasteiger partial charge in [0, 0.05) is 6.92 Å². The second-order valence-corrected chi connectivity index (χ2v) is 3.55. The Morgan fingerprint density at radius 3 is 2.20 bits per heavy atom. The number of nitrogens with one attached hydrogen (secondary N) is 1. The molecule has 15 heavy (non-hydrogen) atoms. The van der Waals surface area contributed by atoms with Gasteiger partial charge < -0.3 is 15.7 Å². The molecule has 0 unspecified atom stereocenters. The quantitative estimate of drug-likeness (QED) is 0.404.